The van der Waals surface area contributed by atoms with Gasteiger partial charge >= 0.3 is 0 Å². The highest BCUT2D eigenvalue weighted by atomic mass is 15.3. The summed E-state index contributed by atoms with van der Waals surface area (Å²) in [7, 11) is 1.89. The maximum Gasteiger partial charge on any atom is 0.148 e. The molecule has 14 heavy (non-hydrogen) atoms. The minimum atomic E-state index is 0.692. The van der Waals surface area contributed by atoms with Crippen LogP contribution in [0.4, 0.5) is 5.82 Å². The molecule has 1 N–H and O–H groups in total. The van der Waals surface area contributed by atoms with Crippen LogP contribution in [0.3, 0.4) is 0 Å². The maximum absolute atomic E-state index is 4.19. The highest BCUT2D eigenvalue weighted by Gasteiger charge is 1.96. The van der Waals surface area contributed by atoms with Crippen LogP contribution in [0.1, 0.15) is 5.56 Å². The van der Waals surface area contributed by atoms with Gasteiger partial charge in [0.05, 0.1) is 0 Å². The third kappa shape index (κ3) is 2.07. The molecule has 0 unspecified atom stereocenters. The van der Waals surface area contributed by atoms with Crippen LogP contribution < -0.4 is 5.32 Å². The molecule has 0 aliphatic heterocycles. The molecule has 0 saturated heterocycles. The number of aromatic nitrogens is 4. The van der Waals surface area contributed by atoms with E-state index in [1.165, 1.54) is 6.33 Å². The molecule has 0 atom stereocenters. The first kappa shape index (κ1) is 8.68. The molecule has 0 spiro atoms. The van der Waals surface area contributed by atoms with Crippen LogP contribution in [0, 0.1) is 0 Å². The number of anilines is 1. The lowest BCUT2D eigenvalue weighted by Gasteiger charge is -2.00. The molecule has 0 bridgehead atoms. The van der Waals surface area contributed by atoms with Gasteiger partial charge in [-0.1, -0.05) is 0 Å². The molecule has 0 aliphatic rings. The SMILES string of the molecule is Cn1ccc(NCc2cncnc2)n1. The first-order valence-corrected chi connectivity index (χ1v) is 4.32. The summed E-state index contributed by atoms with van der Waals surface area (Å²) in [5, 5.41) is 7.36. The Labute approximate surface area is 81.8 Å². The summed E-state index contributed by atoms with van der Waals surface area (Å²) in [6.07, 6.45) is 6.97. The fourth-order valence-corrected chi connectivity index (χ4v) is 1.12. The van der Waals surface area contributed by atoms with E-state index in [0.29, 0.717) is 6.54 Å². The lowest BCUT2D eigenvalue weighted by molar-refractivity contribution is 0.768. The Morgan fingerprint density at radius 2 is 2.14 bits per heavy atom. The second-order valence-electron chi connectivity index (χ2n) is 2.97. The van der Waals surface area contributed by atoms with Gasteiger partial charge in [-0.3, -0.25) is 4.68 Å². The number of nitrogens with one attached hydrogen (secondary N) is 1. The molecule has 0 aliphatic carbocycles. The zero-order valence-electron chi connectivity index (χ0n) is 7.88. The van der Waals surface area contributed by atoms with E-state index in [-0.39, 0.29) is 0 Å². The van der Waals surface area contributed by atoms with Gasteiger partial charge < -0.3 is 5.32 Å². The van der Waals surface area contributed by atoms with Crippen molar-refractivity contribution in [2.75, 3.05) is 5.32 Å². The Hall–Kier alpha value is -1.91. The maximum atomic E-state index is 4.19. The minimum Gasteiger partial charge on any atom is -0.364 e. The summed E-state index contributed by atoms with van der Waals surface area (Å²) in [5.41, 5.74) is 1.04. The zero-order valence-corrected chi connectivity index (χ0v) is 7.88. The van der Waals surface area contributed by atoms with E-state index < -0.39 is 0 Å². The van der Waals surface area contributed by atoms with Gasteiger partial charge in [0.25, 0.3) is 0 Å². The third-order valence-corrected chi connectivity index (χ3v) is 1.80. The quantitative estimate of drug-likeness (QED) is 0.776. The zero-order chi connectivity index (χ0) is 9.80. The van der Waals surface area contributed by atoms with Gasteiger partial charge in [0, 0.05) is 43.8 Å². The lowest BCUT2D eigenvalue weighted by atomic mass is 10.3. The van der Waals surface area contributed by atoms with Crippen molar-refractivity contribution in [3.8, 4) is 0 Å². The smallest absolute Gasteiger partial charge is 0.148 e. The van der Waals surface area contributed by atoms with Crippen molar-refractivity contribution in [1.29, 1.82) is 0 Å². The summed E-state index contributed by atoms with van der Waals surface area (Å²) in [6.45, 7) is 0.692. The van der Waals surface area contributed by atoms with Crippen LogP contribution in [0.5, 0.6) is 0 Å². The van der Waals surface area contributed by atoms with Crippen molar-refractivity contribution >= 4 is 5.82 Å². The lowest BCUT2D eigenvalue weighted by Crippen LogP contribution is -2.01. The Morgan fingerprint density at radius 3 is 2.79 bits per heavy atom. The Morgan fingerprint density at radius 1 is 1.36 bits per heavy atom. The molecule has 72 valence electrons. The fraction of sp³-hybridized carbons (Fsp3) is 0.222. The molecule has 2 rings (SSSR count). The fourth-order valence-electron chi connectivity index (χ4n) is 1.12. The predicted octanol–water partition coefficient (Wildman–Crippen LogP) is 0.822. The topological polar surface area (TPSA) is 55.6 Å². The van der Waals surface area contributed by atoms with Crippen LogP contribution in [-0.2, 0) is 13.6 Å². The standard InChI is InChI=1S/C9H11N5/c1-14-3-2-9(13-14)12-6-8-4-10-7-11-5-8/h2-5,7H,6H2,1H3,(H,12,13). The monoisotopic (exact) mass is 189 g/mol. The average molecular weight is 189 g/mol. The number of hydrogen-bond acceptors (Lipinski definition) is 4. The summed E-state index contributed by atoms with van der Waals surface area (Å²) in [6, 6.07) is 1.92. The van der Waals surface area contributed by atoms with Gasteiger partial charge in [0.2, 0.25) is 0 Å². The van der Waals surface area contributed by atoms with Crippen LogP contribution >= 0.6 is 0 Å². The van der Waals surface area contributed by atoms with Crippen molar-refractivity contribution < 1.29 is 0 Å². The molecule has 0 amide bonds. The molecule has 5 heteroatoms. The van der Waals surface area contributed by atoms with Gasteiger partial charge in [-0.15, -0.1) is 0 Å². The van der Waals surface area contributed by atoms with E-state index >= 15 is 0 Å². The van der Waals surface area contributed by atoms with E-state index in [9.17, 15) is 0 Å². The molecular formula is C9H11N5. The summed E-state index contributed by atoms with van der Waals surface area (Å²) in [4.78, 5) is 7.85. The van der Waals surface area contributed by atoms with Gasteiger partial charge in [-0.25, -0.2) is 9.97 Å². The first-order chi connectivity index (χ1) is 6.84. The molecule has 0 radical (unpaired) electrons. The van der Waals surface area contributed by atoms with Crippen molar-refractivity contribution in [1.82, 2.24) is 19.7 Å². The second-order valence-corrected chi connectivity index (χ2v) is 2.97. The first-order valence-electron chi connectivity index (χ1n) is 4.32. The summed E-state index contributed by atoms with van der Waals surface area (Å²) >= 11 is 0. The largest absolute Gasteiger partial charge is 0.364 e. The van der Waals surface area contributed by atoms with Crippen LogP contribution in [0.25, 0.3) is 0 Å². The molecule has 0 saturated carbocycles. The molecule has 0 aromatic carbocycles. The van der Waals surface area contributed by atoms with E-state index in [4.69, 9.17) is 0 Å². The molecule has 2 aromatic rings. The third-order valence-electron chi connectivity index (χ3n) is 1.80. The van der Waals surface area contributed by atoms with Gasteiger partial charge in [0.15, 0.2) is 0 Å². The number of nitrogens with zero attached hydrogens (tertiary/aromatic N) is 4. The Balaban J connectivity index is 1.95. The van der Waals surface area contributed by atoms with Crippen LogP contribution in [-0.4, -0.2) is 19.7 Å². The normalized spacial score (nSPS) is 10.1. The van der Waals surface area contributed by atoms with Crippen molar-refractivity contribution in [2.45, 2.75) is 6.54 Å². The predicted molar refractivity (Wildman–Crippen MR) is 52.6 cm³/mol. The van der Waals surface area contributed by atoms with Crippen molar-refractivity contribution in [3.63, 3.8) is 0 Å². The van der Waals surface area contributed by atoms with E-state index in [1.807, 2.05) is 19.3 Å². The molecule has 5 nitrogen and oxygen atoms in total. The average Bonchev–Trinajstić information content (AvgIpc) is 2.63. The number of aryl methyl sites for hydroxylation is 1. The highest BCUT2D eigenvalue weighted by molar-refractivity contribution is 5.32. The highest BCUT2D eigenvalue weighted by Crippen LogP contribution is 2.03. The summed E-state index contributed by atoms with van der Waals surface area (Å²) in [5.74, 6) is 0.858. The number of hydrogen-bond donors (Lipinski definition) is 1. The Kier molecular flexibility index (Phi) is 2.40. The van der Waals surface area contributed by atoms with Crippen molar-refractivity contribution in [2.24, 2.45) is 7.05 Å². The van der Waals surface area contributed by atoms with Crippen molar-refractivity contribution in [3.05, 3.63) is 36.5 Å². The van der Waals surface area contributed by atoms with E-state index in [2.05, 4.69) is 20.4 Å². The molecule has 0 fully saturated rings. The van der Waals surface area contributed by atoms with Crippen LogP contribution in [0.2, 0.25) is 0 Å². The Bertz CT molecular complexity index is 395. The molecular weight excluding hydrogens is 178 g/mol. The number of rotatable bonds is 3. The summed E-state index contributed by atoms with van der Waals surface area (Å²) < 4.78 is 1.75. The van der Waals surface area contributed by atoms with E-state index in [1.54, 1.807) is 17.1 Å². The second kappa shape index (κ2) is 3.87. The van der Waals surface area contributed by atoms with Crippen LogP contribution in [0.15, 0.2) is 31.0 Å². The minimum absolute atomic E-state index is 0.692. The molecule has 2 aromatic heterocycles. The van der Waals surface area contributed by atoms with Gasteiger partial charge in [0.1, 0.15) is 12.1 Å². The van der Waals surface area contributed by atoms with E-state index in [0.717, 1.165) is 11.4 Å². The molecule has 2 heterocycles. The van der Waals surface area contributed by atoms with Gasteiger partial charge in [-0.2, -0.15) is 5.10 Å². The van der Waals surface area contributed by atoms with Gasteiger partial charge in [-0.05, 0) is 0 Å².